The summed E-state index contributed by atoms with van der Waals surface area (Å²) in [5.74, 6) is -0.897. The molecule has 0 spiro atoms. The zero-order valence-corrected chi connectivity index (χ0v) is 13.8. The first-order chi connectivity index (χ1) is 11.5. The highest BCUT2D eigenvalue weighted by molar-refractivity contribution is 5.95. The van der Waals surface area contributed by atoms with Gasteiger partial charge in [0, 0.05) is 6.04 Å². The van der Waals surface area contributed by atoms with Gasteiger partial charge < -0.3 is 10.4 Å². The number of aryl methyl sites for hydroxylation is 1. The number of carbonyl (C=O) groups excluding carboxylic acids is 1. The first-order valence-corrected chi connectivity index (χ1v) is 8.38. The fourth-order valence-electron chi connectivity index (χ4n) is 3.11. The SMILES string of the molecule is Cc1ccc(-c2ccc(C(=O)NC3CCC(O)CC3)c(F)c2)cc1. The van der Waals surface area contributed by atoms with Crippen LogP contribution in [0.15, 0.2) is 42.5 Å². The second-order valence-corrected chi connectivity index (χ2v) is 6.54. The van der Waals surface area contributed by atoms with Gasteiger partial charge in [0.15, 0.2) is 0 Å². The van der Waals surface area contributed by atoms with E-state index in [1.165, 1.54) is 12.1 Å². The largest absolute Gasteiger partial charge is 0.393 e. The first-order valence-electron chi connectivity index (χ1n) is 8.38. The lowest BCUT2D eigenvalue weighted by Crippen LogP contribution is -2.38. The summed E-state index contributed by atoms with van der Waals surface area (Å²) >= 11 is 0. The minimum absolute atomic E-state index is 0.0112. The molecular weight excluding hydrogens is 305 g/mol. The number of rotatable bonds is 3. The van der Waals surface area contributed by atoms with Crippen molar-refractivity contribution in [3.63, 3.8) is 0 Å². The molecule has 4 heteroatoms. The zero-order valence-electron chi connectivity index (χ0n) is 13.8. The molecule has 0 radical (unpaired) electrons. The predicted octanol–water partition coefficient (Wildman–Crippen LogP) is 3.83. The molecule has 0 bridgehead atoms. The van der Waals surface area contributed by atoms with Crippen LogP contribution in [0.3, 0.4) is 0 Å². The average Bonchev–Trinajstić information content (AvgIpc) is 2.57. The number of carbonyl (C=O) groups is 1. The second-order valence-electron chi connectivity index (χ2n) is 6.54. The van der Waals surface area contributed by atoms with Crippen molar-refractivity contribution in [3.05, 3.63) is 59.4 Å². The monoisotopic (exact) mass is 327 g/mol. The Bertz CT molecular complexity index is 719. The fourth-order valence-corrected chi connectivity index (χ4v) is 3.11. The van der Waals surface area contributed by atoms with Crippen LogP contribution in [-0.4, -0.2) is 23.2 Å². The van der Waals surface area contributed by atoms with Gasteiger partial charge in [-0.2, -0.15) is 0 Å². The van der Waals surface area contributed by atoms with E-state index in [-0.39, 0.29) is 23.6 Å². The van der Waals surface area contributed by atoms with Crippen LogP contribution >= 0.6 is 0 Å². The van der Waals surface area contributed by atoms with Crippen LogP contribution in [0.4, 0.5) is 4.39 Å². The standard InChI is InChI=1S/C20H22FNO2/c1-13-2-4-14(5-3-13)15-6-11-18(19(21)12-15)20(24)22-16-7-9-17(23)10-8-16/h2-6,11-12,16-17,23H,7-10H2,1H3,(H,22,24). The quantitative estimate of drug-likeness (QED) is 0.900. The number of halogens is 1. The summed E-state index contributed by atoms with van der Waals surface area (Å²) < 4.78 is 14.4. The highest BCUT2D eigenvalue weighted by atomic mass is 19.1. The minimum atomic E-state index is -0.513. The zero-order chi connectivity index (χ0) is 17.1. The molecule has 24 heavy (non-hydrogen) atoms. The Morgan fingerprint density at radius 2 is 1.67 bits per heavy atom. The summed E-state index contributed by atoms with van der Waals surface area (Å²) in [5.41, 5.74) is 2.89. The summed E-state index contributed by atoms with van der Waals surface area (Å²) in [5, 5.41) is 12.4. The van der Waals surface area contributed by atoms with Crippen molar-refractivity contribution in [2.45, 2.75) is 44.8 Å². The molecule has 2 aromatic rings. The lowest BCUT2D eigenvalue weighted by atomic mass is 9.93. The smallest absolute Gasteiger partial charge is 0.254 e. The molecule has 2 aromatic carbocycles. The number of nitrogens with one attached hydrogen (secondary N) is 1. The van der Waals surface area contributed by atoms with Crippen LogP contribution in [0, 0.1) is 12.7 Å². The molecular formula is C20H22FNO2. The van der Waals surface area contributed by atoms with Crippen molar-refractivity contribution in [1.29, 1.82) is 0 Å². The fraction of sp³-hybridized carbons (Fsp3) is 0.350. The molecule has 2 N–H and O–H groups in total. The lowest BCUT2D eigenvalue weighted by molar-refractivity contribution is 0.0864. The van der Waals surface area contributed by atoms with Crippen molar-refractivity contribution >= 4 is 5.91 Å². The number of aliphatic hydroxyl groups is 1. The van der Waals surface area contributed by atoms with E-state index in [4.69, 9.17) is 0 Å². The molecule has 0 heterocycles. The van der Waals surface area contributed by atoms with E-state index in [2.05, 4.69) is 5.32 Å². The van der Waals surface area contributed by atoms with E-state index in [0.717, 1.165) is 29.5 Å². The van der Waals surface area contributed by atoms with E-state index < -0.39 is 5.82 Å². The normalized spacial score (nSPS) is 20.6. The highest BCUT2D eigenvalue weighted by Gasteiger charge is 2.22. The molecule has 0 aromatic heterocycles. The topological polar surface area (TPSA) is 49.3 Å². The summed E-state index contributed by atoms with van der Waals surface area (Å²) in [6.45, 7) is 2.00. The molecule has 1 aliphatic rings. The lowest BCUT2D eigenvalue weighted by Gasteiger charge is -2.26. The van der Waals surface area contributed by atoms with Crippen molar-refractivity contribution < 1.29 is 14.3 Å². The van der Waals surface area contributed by atoms with Crippen molar-refractivity contribution in [1.82, 2.24) is 5.32 Å². The van der Waals surface area contributed by atoms with Crippen LogP contribution in [0.25, 0.3) is 11.1 Å². The molecule has 1 aliphatic carbocycles. The minimum Gasteiger partial charge on any atom is -0.393 e. The van der Waals surface area contributed by atoms with Crippen molar-refractivity contribution in [3.8, 4) is 11.1 Å². The Labute approximate surface area is 141 Å². The van der Waals surface area contributed by atoms with Gasteiger partial charge in [-0.05, 0) is 55.9 Å². The van der Waals surface area contributed by atoms with E-state index in [9.17, 15) is 14.3 Å². The van der Waals surface area contributed by atoms with E-state index in [1.54, 1.807) is 6.07 Å². The van der Waals surface area contributed by atoms with Gasteiger partial charge in [0.05, 0.1) is 11.7 Å². The number of hydrogen-bond acceptors (Lipinski definition) is 2. The van der Waals surface area contributed by atoms with E-state index >= 15 is 0 Å². The van der Waals surface area contributed by atoms with Crippen molar-refractivity contribution in [2.75, 3.05) is 0 Å². The third-order valence-electron chi connectivity index (χ3n) is 4.63. The molecule has 126 valence electrons. The molecule has 1 fully saturated rings. The van der Waals surface area contributed by atoms with Crippen LogP contribution in [-0.2, 0) is 0 Å². The van der Waals surface area contributed by atoms with Crippen LogP contribution in [0.1, 0.15) is 41.6 Å². The Morgan fingerprint density at radius 3 is 2.29 bits per heavy atom. The van der Waals surface area contributed by atoms with E-state index in [0.29, 0.717) is 12.8 Å². The third kappa shape index (κ3) is 3.82. The highest BCUT2D eigenvalue weighted by Crippen LogP contribution is 2.23. The predicted molar refractivity (Wildman–Crippen MR) is 92.3 cm³/mol. The molecule has 1 saturated carbocycles. The maximum Gasteiger partial charge on any atom is 0.254 e. The second kappa shape index (κ2) is 7.14. The number of hydrogen-bond donors (Lipinski definition) is 2. The van der Waals surface area contributed by atoms with Crippen LogP contribution in [0.2, 0.25) is 0 Å². The van der Waals surface area contributed by atoms with E-state index in [1.807, 2.05) is 31.2 Å². The van der Waals surface area contributed by atoms with Gasteiger partial charge in [-0.15, -0.1) is 0 Å². The van der Waals surface area contributed by atoms with Gasteiger partial charge in [-0.25, -0.2) is 4.39 Å². The summed E-state index contributed by atoms with van der Waals surface area (Å²) in [4.78, 5) is 12.3. The molecule has 3 nitrogen and oxygen atoms in total. The summed E-state index contributed by atoms with van der Waals surface area (Å²) in [6, 6.07) is 12.6. The van der Waals surface area contributed by atoms with Crippen LogP contribution < -0.4 is 5.32 Å². The number of amides is 1. The maximum atomic E-state index is 14.4. The number of benzene rings is 2. The molecule has 0 unspecified atom stereocenters. The Morgan fingerprint density at radius 1 is 1.04 bits per heavy atom. The third-order valence-corrected chi connectivity index (χ3v) is 4.63. The van der Waals surface area contributed by atoms with Crippen LogP contribution in [0.5, 0.6) is 0 Å². The van der Waals surface area contributed by atoms with Crippen molar-refractivity contribution in [2.24, 2.45) is 0 Å². The first kappa shape index (κ1) is 16.7. The average molecular weight is 327 g/mol. The molecule has 0 aliphatic heterocycles. The summed E-state index contributed by atoms with van der Waals surface area (Å²) in [7, 11) is 0. The molecule has 3 rings (SSSR count). The van der Waals surface area contributed by atoms with Gasteiger partial charge in [-0.1, -0.05) is 35.9 Å². The Hall–Kier alpha value is -2.20. The van der Waals surface area contributed by atoms with Gasteiger partial charge in [0.2, 0.25) is 0 Å². The summed E-state index contributed by atoms with van der Waals surface area (Å²) in [6.07, 6.45) is 2.55. The van der Waals surface area contributed by atoms with Gasteiger partial charge in [0.1, 0.15) is 5.82 Å². The maximum absolute atomic E-state index is 14.4. The molecule has 0 saturated heterocycles. The van der Waals surface area contributed by atoms with Gasteiger partial charge in [-0.3, -0.25) is 4.79 Å². The van der Waals surface area contributed by atoms with Gasteiger partial charge >= 0.3 is 0 Å². The molecule has 1 amide bonds. The molecule has 0 atom stereocenters. The Balaban J connectivity index is 1.72. The Kier molecular flexibility index (Phi) is 4.95. The van der Waals surface area contributed by atoms with Gasteiger partial charge in [0.25, 0.3) is 5.91 Å². The number of aliphatic hydroxyl groups excluding tert-OH is 1.